The van der Waals surface area contributed by atoms with Crippen LogP contribution in [0, 0.1) is 5.92 Å². The van der Waals surface area contributed by atoms with Gasteiger partial charge in [-0.25, -0.2) is 4.98 Å². The van der Waals surface area contributed by atoms with Crippen molar-refractivity contribution in [2.24, 2.45) is 5.92 Å². The quantitative estimate of drug-likeness (QED) is 0.354. The summed E-state index contributed by atoms with van der Waals surface area (Å²) >= 11 is 1.56. The monoisotopic (exact) mass is 509 g/mol. The molecule has 0 radical (unpaired) electrons. The molecule has 0 bridgehead atoms. The number of H-pyrrole nitrogens is 1. The van der Waals surface area contributed by atoms with Gasteiger partial charge in [0.25, 0.3) is 5.91 Å². The Hall–Kier alpha value is -3.62. The lowest BCUT2D eigenvalue weighted by Crippen LogP contribution is -2.42. The number of anilines is 1. The van der Waals surface area contributed by atoms with Gasteiger partial charge in [0.15, 0.2) is 5.78 Å². The molecule has 1 saturated carbocycles. The van der Waals surface area contributed by atoms with Crippen LogP contribution in [0.3, 0.4) is 0 Å². The molecule has 7 rings (SSSR count). The van der Waals surface area contributed by atoms with Crippen molar-refractivity contribution in [3.8, 4) is 21.7 Å². The van der Waals surface area contributed by atoms with Crippen molar-refractivity contribution in [1.82, 2.24) is 20.5 Å². The molecule has 1 aliphatic carbocycles. The lowest BCUT2D eigenvalue weighted by atomic mass is 9.96. The van der Waals surface area contributed by atoms with E-state index in [0.717, 1.165) is 69.5 Å². The van der Waals surface area contributed by atoms with E-state index in [1.165, 1.54) is 0 Å². The van der Waals surface area contributed by atoms with Crippen molar-refractivity contribution >= 4 is 28.7 Å². The maximum atomic E-state index is 13.9. The highest BCUT2D eigenvalue weighted by atomic mass is 32.1. The summed E-state index contributed by atoms with van der Waals surface area (Å²) in [5.74, 6) is 1.06. The highest BCUT2D eigenvalue weighted by Gasteiger charge is 2.31. The molecule has 1 amide bonds. The summed E-state index contributed by atoms with van der Waals surface area (Å²) in [7, 11) is 0. The number of para-hydroxylation sites is 1. The fourth-order valence-corrected chi connectivity index (χ4v) is 6.52. The van der Waals surface area contributed by atoms with Gasteiger partial charge in [0, 0.05) is 40.6 Å². The van der Waals surface area contributed by atoms with Crippen molar-refractivity contribution < 1.29 is 9.59 Å². The predicted molar refractivity (Wildman–Crippen MR) is 144 cm³/mol. The maximum Gasteiger partial charge on any atom is 0.276 e. The molecule has 186 valence electrons. The van der Waals surface area contributed by atoms with Crippen molar-refractivity contribution in [1.29, 1.82) is 0 Å². The maximum absolute atomic E-state index is 13.9. The van der Waals surface area contributed by atoms with Gasteiger partial charge in [-0.2, -0.15) is 5.10 Å². The third kappa shape index (κ3) is 4.10. The lowest BCUT2D eigenvalue weighted by molar-refractivity contribution is 0.0947. The van der Waals surface area contributed by atoms with Crippen molar-refractivity contribution in [2.75, 3.05) is 24.5 Å². The molecule has 37 heavy (non-hydrogen) atoms. The molecule has 1 aromatic carbocycles. The molecule has 8 heteroatoms. The number of carbonyl (C=O) groups is 2. The molecule has 3 aliphatic rings. The van der Waals surface area contributed by atoms with E-state index in [9.17, 15) is 9.59 Å². The van der Waals surface area contributed by atoms with Crippen molar-refractivity contribution in [3.05, 3.63) is 76.6 Å². The van der Waals surface area contributed by atoms with Gasteiger partial charge in [0.1, 0.15) is 5.69 Å². The molecule has 0 unspecified atom stereocenters. The Morgan fingerprint density at radius 3 is 2.73 bits per heavy atom. The Labute approximate surface area is 218 Å². The van der Waals surface area contributed by atoms with E-state index in [4.69, 9.17) is 4.98 Å². The number of fused-ring (bicyclic) bond motifs is 3. The summed E-state index contributed by atoms with van der Waals surface area (Å²) in [5.41, 5.74) is 6.28. The molecule has 1 saturated heterocycles. The Morgan fingerprint density at radius 1 is 1.05 bits per heavy atom. The van der Waals surface area contributed by atoms with Gasteiger partial charge in [0.2, 0.25) is 0 Å². The number of nitrogens with zero attached hydrogens (tertiary/aromatic N) is 3. The Balaban J connectivity index is 1.20. The zero-order valence-corrected chi connectivity index (χ0v) is 21.2. The van der Waals surface area contributed by atoms with Gasteiger partial charge < -0.3 is 10.2 Å². The summed E-state index contributed by atoms with van der Waals surface area (Å²) in [6.45, 7) is 2.38. The van der Waals surface area contributed by atoms with Crippen molar-refractivity contribution in [2.45, 2.75) is 31.6 Å². The SMILES string of the molecule is O=C(CC1CNC1)c1cc2c(s1)-c1ccccc1N(C(=O)c1cccc(-c3cn[nH]c3C3CC3)n1)CC2. The zero-order chi connectivity index (χ0) is 24.9. The van der Waals surface area contributed by atoms with E-state index < -0.39 is 0 Å². The molecule has 7 nitrogen and oxygen atoms in total. The lowest BCUT2D eigenvalue weighted by Gasteiger charge is -2.26. The molecule has 0 atom stereocenters. The van der Waals surface area contributed by atoms with Crippen LogP contribution in [-0.4, -0.2) is 46.5 Å². The summed E-state index contributed by atoms with van der Waals surface area (Å²) in [6.07, 6.45) is 5.42. The van der Waals surface area contributed by atoms with Crippen LogP contribution in [0.2, 0.25) is 0 Å². The van der Waals surface area contributed by atoms with E-state index in [1.54, 1.807) is 17.4 Å². The van der Waals surface area contributed by atoms with E-state index in [-0.39, 0.29) is 11.7 Å². The molecular weight excluding hydrogens is 482 g/mol. The Bertz CT molecular complexity index is 1510. The number of aromatic nitrogens is 3. The van der Waals surface area contributed by atoms with E-state index >= 15 is 0 Å². The first kappa shape index (κ1) is 22.6. The first-order valence-corrected chi connectivity index (χ1v) is 13.8. The molecule has 2 fully saturated rings. The first-order valence-electron chi connectivity index (χ1n) is 12.9. The smallest absolute Gasteiger partial charge is 0.276 e. The second-order valence-electron chi connectivity index (χ2n) is 10.2. The number of benzene rings is 1. The third-order valence-electron chi connectivity index (χ3n) is 7.61. The molecule has 3 aromatic heterocycles. The Morgan fingerprint density at radius 2 is 1.92 bits per heavy atom. The standard InChI is InChI=1S/C29H27N5O2S/c35-25(12-17-14-30-15-17)26-13-19-10-11-34(24-7-2-1-4-20(24)28(19)37-26)29(36)23-6-3-5-22(32-23)21-16-31-33-27(21)18-8-9-18/h1-7,13,16-18,30H,8-12,14-15H2,(H,31,33). The number of amides is 1. The minimum absolute atomic E-state index is 0.116. The van der Waals surface area contributed by atoms with Crippen LogP contribution in [0.4, 0.5) is 5.69 Å². The van der Waals surface area contributed by atoms with Gasteiger partial charge in [-0.1, -0.05) is 24.3 Å². The van der Waals surface area contributed by atoms with E-state index in [1.807, 2.05) is 41.4 Å². The van der Waals surface area contributed by atoms with Crippen LogP contribution in [0.25, 0.3) is 21.7 Å². The van der Waals surface area contributed by atoms with E-state index in [0.29, 0.717) is 36.9 Å². The average molecular weight is 510 g/mol. The highest BCUT2D eigenvalue weighted by Crippen LogP contribution is 2.44. The molecule has 0 spiro atoms. The summed E-state index contributed by atoms with van der Waals surface area (Å²) in [5, 5.41) is 10.6. The topological polar surface area (TPSA) is 91.0 Å². The zero-order valence-electron chi connectivity index (χ0n) is 20.4. The minimum Gasteiger partial charge on any atom is -0.316 e. The van der Waals surface area contributed by atoms with E-state index in [2.05, 4.69) is 27.6 Å². The number of aromatic amines is 1. The number of ketones is 1. The number of hydrogen-bond donors (Lipinski definition) is 2. The fourth-order valence-electron chi connectivity index (χ4n) is 5.33. The molecule has 2 aliphatic heterocycles. The third-order valence-corrected chi connectivity index (χ3v) is 8.86. The van der Waals surface area contributed by atoms with Gasteiger partial charge in [-0.15, -0.1) is 11.3 Å². The second kappa shape index (κ2) is 9.04. The normalized spacial score (nSPS) is 17.0. The number of Topliss-reactive ketones (excluding diaryl/α,β-unsaturated/α-hetero) is 1. The van der Waals surface area contributed by atoms with Gasteiger partial charge >= 0.3 is 0 Å². The minimum atomic E-state index is -0.116. The summed E-state index contributed by atoms with van der Waals surface area (Å²) < 4.78 is 0. The average Bonchev–Trinajstić information content (AvgIpc) is 3.51. The summed E-state index contributed by atoms with van der Waals surface area (Å²) in [6, 6.07) is 15.7. The van der Waals surface area contributed by atoms with Crippen LogP contribution in [-0.2, 0) is 6.42 Å². The molecule has 5 heterocycles. The number of carbonyl (C=O) groups excluding carboxylic acids is 2. The second-order valence-corrected chi connectivity index (χ2v) is 11.3. The fraction of sp³-hybridized carbons (Fsp3) is 0.310. The number of thiophene rings is 1. The predicted octanol–water partition coefficient (Wildman–Crippen LogP) is 5.07. The van der Waals surface area contributed by atoms with Gasteiger partial charge in [-0.3, -0.25) is 14.7 Å². The van der Waals surface area contributed by atoms with Crippen molar-refractivity contribution in [3.63, 3.8) is 0 Å². The Kier molecular flexibility index (Phi) is 5.52. The van der Waals surface area contributed by atoms with Crippen LogP contribution < -0.4 is 10.2 Å². The molecule has 2 N–H and O–H groups in total. The van der Waals surface area contributed by atoms with Crippen LogP contribution in [0.1, 0.15) is 56.6 Å². The number of hydrogen-bond acceptors (Lipinski definition) is 6. The number of pyridine rings is 1. The van der Waals surface area contributed by atoms with Crippen LogP contribution in [0.5, 0.6) is 0 Å². The van der Waals surface area contributed by atoms with Gasteiger partial charge in [0.05, 0.1) is 22.5 Å². The molecular formula is C29H27N5O2S. The summed E-state index contributed by atoms with van der Waals surface area (Å²) in [4.78, 5) is 35.3. The van der Waals surface area contributed by atoms with Gasteiger partial charge in [-0.05, 0) is 68.1 Å². The number of nitrogens with one attached hydrogen (secondary N) is 2. The van der Waals surface area contributed by atoms with Crippen LogP contribution in [0.15, 0.2) is 54.7 Å². The van der Waals surface area contributed by atoms with Crippen LogP contribution >= 0.6 is 11.3 Å². The number of rotatable bonds is 6. The molecule has 4 aromatic rings. The highest BCUT2D eigenvalue weighted by molar-refractivity contribution is 7.17. The first-order chi connectivity index (χ1) is 18.2. The largest absolute Gasteiger partial charge is 0.316 e.